The van der Waals surface area contributed by atoms with Gasteiger partial charge in [-0.1, -0.05) is 31.2 Å². The molecule has 1 fully saturated rings. The van der Waals surface area contributed by atoms with Gasteiger partial charge in [0.15, 0.2) is 0 Å². The highest BCUT2D eigenvalue weighted by atomic mass is 32.1. The van der Waals surface area contributed by atoms with Gasteiger partial charge < -0.3 is 19.5 Å². The monoisotopic (exact) mass is 508 g/mol. The molecule has 2 heterocycles. The molecule has 36 heavy (non-hydrogen) atoms. The largest absolute Gasteiger partial charge is 0.497 e. The Bertz CT molecular complexity index is 1180. The Hall–Kier alpha value is -3.43. The lowest BCUT2D eigenvalue weighted by molar-refractivity contribution is -0.142. The van der Waals surface area contributed by atoms with E-state index >= 15 is 0 Å². The van der Waals surface area contributed by atoms with E-state index < -0.39 is 0 Å². The minimum atomic E-state index is -0.280. The number of methoxy groups -OCH3 is 2. The molecule has 1 saturated heterocycles. The van der Waals surface area contributed by atoms with E-state index in [1.807, 2.05) is 29.6 Å². The van der Waals surface area contributed by atoms with Crippen LogP contribution in [0.2, 0.25) is 0 Å². The number of hydrogen-bond donors (Lipinski definition) is 2. The number of nitrogens with zero attached hydrogens (tertiary/aromatic N) is 2. The van der Waals surface area contributed by atoms with Crippen LogP contribution in [0.25, 0.3) is 0 Å². The van der Waals surface area contributed by atoms with Crippen LogP contribution in [0.1, 0.15) is 49.2 Å². The zero-order chi connectivity index (χ0) is 25.5. The van der Waals surface area contributed by atoms with Crippen molar-refractivity contribution >= 4 is 28.1 Å². The van der Waals surface area contributed by atoms with E-state index in [4.69, 9.17) is 19.3 Å². The van der Waals surface area contributed by atoms with Gasteiger partial charge in [0.25, 0.3) is 0 Å². The van der Waals surface area contributed by atoms with Crippen molar-refractivity contribution in [2.24, 2.45) is 11.0 Å². The summed E-state index contributed by atoms with van der Waals surface area (Å²) in [6.45, 7) is 4.33. The number of thiazole rings is 1. The van der Waals surface area contributed by atoms with Gasteiger partial charge in [-0.25, -0.2) is 4.98 Å². The summed E-state index contributed by atoms with van der Waals surface area (Å²) in [6.07, 6.45) is 0.899. The number of aromatic nitrogens is 1. The van der Waals surface area contributed by atoms with Crippen LogP contribution in [0.15, 0.2) is 59.0 Å². The molecule has 8 nitrogen and oxygen atoms in total. The molecule has 1 aliphatic rings. The second-order valence-corrected chi connectivity index (χ2v) is 9.43. The van der Waals surface area contributed by atoms with Crippen LogP contribution in [0, 0.1) is 5.92 Å². The Labute approximate surface area is 215 Å². The highest BCUT2D eigenvalue weighted by Gasteiger charge is 2.34. The summed E-state index contributed by atoms with van der Waals surface area (Å²) in [5.74, 6) is 1.51. The molecule has 0 saturated carbocycles. The predicted molar refractivity (Wildman–Crippen MR) is 142 cm³/mol. The summed E-state index contributed by atoms with van der Waals surface area (Å²) in [5, 5.41) is 11.1. The summed E-state index contributed by atoms with van der Waals surface area (Å²) in [5.41, 5.74) is 7.17. The van der Waals surface area contributed by atoms with Gasteiger partial charge in [-0.3, -0.25) is 10.2 Å². The summed E-state index contributed by atoms with van der Waals surface area (Å²) in [7, 11) is 3.34. The predicted octanol–water partition coefficient (Wildman–Crippen LogP) is 5.15. The lowest BCUT2D eigenvalue weighted by Gasteiger charge is -2.37. The number of anilines is 1. The van der Waals surface area contributed by atoms with Crippen molar-refractivity contribution in [3.63, 3.8) is 0 Å². The zero-order valence-electron chi connectivity index (χ0n) is 21.0. The number of esters is 1. The van der Waals surface area contributed by atoms with Crippen molar-refractivity contribution in [3.05, 3.63) is 70.7 Å². The van der Waals surface area contributed by atoms with Crippen LogP contribution in [0.4, 0.5) is 5.13 Å². The van der Waals surface area contributed by atoms with Crippen molar-refractivity contribution in [1.82, 2.24) is 10.3 Å². The van der Waals surface area contributed by atoms with Crippen molar-refractivity contribution in [2.75, 3.05) is 26.3 Å². The molecule has 0 spiro atoms. The van der Waals surface area contributed by atoms with E-state index in [1.54, 1.807) is 21.1 Å². The van der Waals surface area contributed by atoms with Gasteiger partial charge in [0.05, 0.1) is 32.9 Å². The first-order valence-electron chi connectivity index (χ1n) is 12.0. The number of benzene rings is 2. The molecule has 0 aliphatic carbocycles. The molecule has 3 atom stereocenters. The molecule has 1 aliphatic heterocycles. The molecule has 3 unspecified atom stereocenters. The maximum atomic E-state index is 11.8. The van der Waals surface area contributed by atoms with Crippen LogP contribution in [-0.4, -0.2) is 37.5 Å². The number of hydrogen-bond acceptors (Lipinski definition) is 9. The molecule has 3 aromatic rings. The third-order valence-electron chi connectivity index (χ3n) is 6.29. The van der Waals surface area contributed by atoms with Gasteiger partial charge in [0, 0.05) is 35.5 Å². The molecule has 9 heteroatoms. The minimum Gasteiger partial charge on any atom is -0.497 e. The van der Waals surface area contributed by atoms with Crippen LogP contribution in [0.3, 0.4) is 0 Å². The van der Waals surface area contributed by atoms with Crippen LogP contribution < -0.4 is 20.2 Å². The lowest BCUT2D eigenvalue weighted by Crippen LogP contribution is -2.41. The van der Waals surface area contributed by atoms with E-state index in [2.05, 4.69) is 46.9 Å². The average Bonchev–Trinajstić information content (AvgIpc) is 3.35. The quantitative estimate of drug-likeness (QED) is 0.305. The summed E-state index contributed by atoms with van der Waals surface area (Å²) in [4.78, 5) is 16.3. The Morgan fingerprint density at radius 3 is 2.33 bits per heavy atom. The number of rotatable bonds is 9. The average molecular weight is 509 g/mol. The van der Waals surface area contributed by atoms with Crippen molar-refractivity contribution in [3.8, 4) is 11.5 Å². The number of carbonyl (C=O) groups is 1. The molecular formula is C27H32N4O4S. The molecule has 2 N–H and O–H groups in total. The first kappa shape index (κ1) is 25.7. The lowest BCUT2D eigenvalue weighted by atomic mass is 9.81. The fourth-order valence-corrected chi connectivity index (χ4v) is 4.97. The Morgan fingerprint density at radius 2 is 1.72 bits per heavy atom. The summed E-state index contributed by atoms with van der Waals surface area (Å²) >= 11 is 1.42. The second kappa shape index (κ2) is 12.0. The van der Waals surface area contributed by atoms with Gasteiger partial charge in [-0.05, 0) is 42.3 Å². The number of hydrazone groups is 1. The number of nitrogens with one attached hydrogen (secondary N) is 2. The number of carbonyl (C=O) groups excluding carboxylic acids is 1. The van der Waals surface area contributed by atoms with Crippen molar-refractivity contribution < 1.29 is 19.0 Å². The summed E-state index contributed by atoms with van der Waals surface area (Å²) < 4.78 is 15.7. The third-order valence-corrected chi connectivity index (χ3v) is 7.09. The SMILES string of the molecule is CCOC(=O)Cc1csc(N/N=C2/CC(c3ccc(OC)cc3)NC(c3ccc(OC)cc3)C2C)n1. The fraction of sp³-hybridized carbons (Fsp3) is 0.370. The Kier molecular flexibility index (Phi) is 8.56. The first-order chi connectivity index (χ1) is 17.5. The first-order valence-corrected chi connectivity index (χ1v) is 12.8. The van der Waals surface area contributed by atoms with E-state index in [9.17, 15) is 4.79 Å². The normalized spacial score (nSPS) is 20.7. The highest BCUT2D eigenvalue weighted by molar-refractivity contribution is 7.13. The third kappa shape index (κ3) is 6.22. The topological polar surface area (TPSA) is 94.1 Å². The molecule has 0 bridgehead atoms. The number of ether oxygens (including phenoxy) is 3. The smallest absolute Gasteiger partial charge is 0.311 e. The van der Waals surface area contributed by atoms with Crippen molar-refractivity contribution in [2.45, 2.75) is 38.8 Å². The number of piperidine rings is 1. The standard InChI is InChI=1S/C27H32N4O4S/c1-5-35-25(32)14-20-16-36-27(28-20)31-30-23-15-24(18-6-10-21(33-3)11-7-18)29-26(17(23)2)19-8-12-22(34-4)13-9-19/h6-13,16-17,24,26,29H,5,14-15H2,1-4H3,(H,28,31)/b30-23-. The minimum absolute atomic E-state index is 0.0629. The van der Waals surface area contributed by atoms with E-state index in [1.165, 1.54) is 22.5 Å². The van der Waals surface area contributed by atoms with Crippen LogP contribution >= 0.6 is 11.3 Å². The van der Waals surface area contributed by atoms with E-state index in [0.717, 1.165) is 23.6 Å². The van der Waals surface area contributed by atoms with Gasteiger partial charge >= 0.3 is 5.97 Å². The van der Waals surface area contributed by atoms with Gasteiger partial charge in [0.2, 0.25) is 5.13 Å². The highest BCUT2D eigenvalue weighted by Crippen LogP contribution is 2.36. The second-order valence-electron chi connectivity index (χ2n) is 8.58. The summed E-state index contributed by atoms with van der Waals surface area (Å²) in [6, 6.07) is 16.4. The van der Waals surface area contributed by atoms with E-state index in [-0.39, 0.29) is 30.4 Å². The molecule has 190 valence electrons. The zero-order valence-corrected chi connectivity index (χ0v) is 21.8. The van der Waals surface area contributed by atoms with Gasteiger partial charge in [0.1, 0.15) is 11.5 Å². The van der Waals surface area contributed by atoms with Crippen LogP contribution in [-0.2, 0) is 16.0 Å². The Morgan fingerprint density at radius 1 is 1.08 bits per heavy atom. The maximum absolute atomic E-state index is 11.8. The van der Waals surface area contributed by atoms with Gasteiger partial charge in [-0.15, -0.1) is 11.3 Å². The fourth-order valence-electron chi connectivity index (χ4n) is 4.32. The molecule has 0 amide bonds. The molecule has 4 rings (SSSR count). The molecule has 1 aromatic heterocycles. The van der Waals surface area contributed by atoms with Crippen LogP contribution in [0.5, 0.6) is 11.5 Å². The Balaban J connectivity index is 1.56. The molecule has 2 aromatic carbocycles. The van der Waals surface area contributed by atoms with Crippen molar-refractivity contribution in [1.29, 1.82) is 0 Å². The molecule has 0 radical (unpaired) electrons. The van der Waals surface area contributed by atoms with Gasteiger partial charge in [-0.2, -0.15) is 5.10 Å². The molecular weight excluding hydrogens is 476 g/mol. The van der Waals surface area contributed by atoms with E-state index in [0.29, 0.717) is 17.4 Å². The maximum Gasteiger partial charge on any atom is 0.311 e.